The van der Waals surface area contributed by atoms with E-state index in [1.807, 2.05) is 36.7 Å². The van der Waals surface area contributed by atoms with Crippen molar-refractivity contribution >= 4 is 27.2 Å². The third kappa shape index (κ3) is 2.71. The van der Waals surface area contributed by atoms with Crippen LogP contribution in [0.1, 0.15) is 29.5 Å². The molecule has 0 spiro atoms. The number of nitrogens with zero attached hydrogens (tertiary/aromatic N) is 4. The molecule has 5 heterocycles. The Kier molecular flexibility index (Phi) is 3.53. The zero-order valence-electron chi connectivity index (χ0n) is 14.1. The van der Waals surface area contributed by atoms with Crippen LogP contribution < -0.4 is 5.32 Å². The zero-order chi connectivity index (χ0) is 16.8. The molecule has 1 aliphatic heterocycles. The topological polar surface area (TPSA) is 55.1 Å². The molecule has 5 rings (SSSR count). The van der Waals surface area contributed by atoms with E-state index < -0.39 is 0 Å². The second kappa shape index (κ2) is 5.89. The molecule has 0 atom stereocenters. The van der Waals surface area contributed by atoms with Gasteiger partial charge in [-0.2, -0.15) is 0 Å². The summed E-state index contributed by atoms with van der Waals surface area (Å²) in [5.74, 6) is 0.590. The number of hydrogen-bond acceptors (Lipinski definition) is 5. The number of nitrogens with one attached hydrogen (secondary N) is 1. The monoisotopic (exact) mass is 349 g/mol. The van der Waals surface area contributed by atoms with E-state index in [1.54, 1.807) is 0 Å². The molecule has 1 fully saturated rings. The minimum absolute atomic E-state index is 0.590. The summed E-state index contributed by atoms with van der Waals surface area (Å²) < 4.78 is 3.28. The van der Waals surface area contributed by atoms with Gasteiger partial charge in [0, 0.05) is 23.9 Å². The molecule has 0 bridgehead atoms. The van der Waals surface area contributed by atoms with Crippen LogP contribution >= 0.6 is 11.3 Å². The van der Waals surface area contributed by atoms with Crippen molar-refractivity contribution in [3.8, 4) is 11.3 Å². The molecule has 4 aromatic rings. The van der Waals surface area contributed by atoms with Crippen LogP contribution in [0.15, 0.2) is 36.8 Å². The summed E-state index contributed by atoms with van der Waals surface area (Å²) in [6.45, 7) is 4.19. The van der Waals surface area contributed by atoms with Crippen molar-refractivity contribution in [2.24, 2.45) is 0 Å². The Morgan fingerprint density at radius 2 is 2.04 bits per heavy atom. The van der Waals surface area contributed by atoms with E-state index >= 15 is 0 Å². The molecule has 0 unspecified atom stereocenters. The van der Waals surface area contributed by atoms with E-state index in [0.717, 1.165) is 41.2 Å². The molecular formula is C19H19N5S. The number of piperidine rings is 1. The van der Waals surface area contributed by atoms with Crippen LogP contribution in [0.5, 0.6) is 0 Å². The minimum Gasteiger partial charge on any atom is -0.317 e. The van der Waals surface area contributed by atoms with Gasteiger partial charge in [0.05, 0.1) is 32.8 Å². The van der Waals surface area contributed by atoms with Crippen molar-refractivity contribution in [1.29, 1.82) is 0 Å². The average molecular weight is 349 g/mol. The summed E-state index contributed by atoms with van der Waals surface area (Å²) in [6, 6.07) is 6.30. The van der Waals surface area contributed by atoms with Crippen LogP contribution in [0.25, 0.3) is 27.1 Å². The average Bonchev–Trinajstić information content (AvgIpc) is 3.23. The van der Waals surface area contributed by atoms with Crippen LogP contribution in [0.4, 0.5) is 0 Å². The van der Waals surface area contributed by atoms with Crippen molar-refractivity contribution in [1.82, 2.24) is 24.7 Å². The number of aromatic nitrogens is 4. The van der Waals surface area contributed by atoms with Gasteiger partial charge in [-0.15, -0.1) is 11.3 Å². The van der Waals surface area contributed by atoms with E-state index in [9.17, 15) is 0 Å². The molecular weight excluding hydrogens is 330 g/mol. The van der Waals surface area contributed by atoms with Crippen LogP contribution in [0, 0.1) is 6.92 Å². The molecule has 6 heteroatoms. The quantitative estimate of drug-likeness (QED) is 0.598. The van der Waals surface area contributed by atoms with Gasteiger partial charge in [0.1, 0.15) is 5.65 Å². The van der Waals surface area contributed by atoms with E-state index in [2.05, 4.69) is 38.0 Å². The van der Waals surface area contributed by atoms with Crippen LogP contribution in [-0.4, -0.2) is 32.4 Å². The summed E-state index contributed by atoms with van der Waals surface area (Å²) >= 11 is 1.82. The van der Waals surface area contributed by atoms with Crippen LogP contribution in [0.2, 0.25) is 0 Å². The first-order valence-electron chi connectivity index (χ1n) is 8.69. The second-order valence-corrected chi connectivity index (χ2v) is 7.74. The Labute approximate surface area is 149 Å². The third-order valence-corrected chi connectivity index (χ3v) is 6.03. The Balaban J connectivity index is 1.54. The predicted molar refractivity (Wildman–Crippen MR) is 101 cm³/mol. The molecule has 0 amide bonds. The van der Waals surface area contributed by atoms with E-state index in [1.165, 1.54) is 22.5 Å². The highest BCUT2D eigenvalue weighted by atomic mass is 32.1. The fraction of sp³-hybridized carbons (Fsp3) is 0.316. The summed E-state index contributed by atoms with van der Waals surface area (Å²) in [7, 11) is 0. The van der Waals surface area contributed by atoms with Crippen LogP contribution in [0.3, 0.4) is 0 Å². The van der Waals surface area contributed by atoms with Gasteiger partial charge in [-0.25, -0.2) is 9.97 Å². The maximum Gasteiger partial charge on any atom is 0.136 e. The second-order valence-electron chi connectivity index (χ2n) is 6.68. The van der Waals surface area contributed by atoms with Gasteiger partial charge in [-0.05, 0) is 51.1 Å². The lowest BCUT2D eigenvalue weighted by molar-refractivity contribution is 0.459. The fourth-order valence-electron chi connectivity index (χ4n) is 3.52. The molecule has 1 aliphatic rings. The number of pyridine rings is 2. The molecule has 5 nitrogen and oxygen atoms in total. The molecule has 0 aliphatic carbocycles. The fourth-order valence-corrected chi connectivity index (χ4v) is 4.67. The number of aryl methyl sites for hydroxylation is 1. The molecule has 0 saturated carbocycles. The predicted octanol–water partition coefficient (Wildman–Crippen LogP) is 3.78. The summed E-state index contributed by atoms with van der Waals surface area (Å²) in [6.07, 6.45) is 8.40. The smallest absolute Gasteiger partial charge is 0.136 e. The lowest BCUT2D eigenvalue weighted by Crippen LogP contribution is -2.26. The van der Waals surface area contributed by atoms with Gasteiger partial charge in [0.2, 0.25) is 0 Å². The minimum atomic E-state index is 0.590. The Bertz CT molecular complexity index is 1060. The van der Waals surface area contributed by atoms with Gasteiger partial charge in [0.25, 0.3) is 0 Å². The summed E-state index contributed by atoms with van der Waals surface area (Å²) in [5.41, 5.74) is 5.09. The van der Waals surface area contributed by atoms with Crippen molar-refractivity contribution in [3.63, 3.8) is 0 Å². The van der Waals surface area contributed by atoms with Gasteiger partial charge in [-0.3, -0.25) is 4.98 Å². The molecule has 4 aromatic heterocycles. The first kappa shape index (κ1) is 15.0. The van der Waals surface area contributed by atoms with E-state index in [4.69, 9.17) is 4.98 Å². The number of hydrogen-bond donors (Lipinski definition) is 1. The highest BCUT2D eigenvalue weighted by molar-refractivity contribution is 7.18. The van der Waals surface area contributed by atoms with Crippen molar-refractivity contribution in [2.75, 3.05) is 13.1 Å². The van der Waals surface area contributed by atoms with Gasteiger partial charge >= 0.3 is 0 Å². The maximum atomic E-state index is 4.84. The molecule has 1 N–H and O–H groups in total. The lowest BCUT2D eigenvalue weighted by Gasteiger charge is -2.20. The lowest BCUT2D eigenvalue weighted by atomic mass is 9.99. The SMILES string of the molecule is Cc1cn2cc(-c3cc4sc(C5CCNCC5)nc4cn3)ccc2n1. The highest BCUT2D eigenvalue weighted by Gasteiger charge is 2.19. The van der Waals surface area contributed by atoms with Gasteiger partial charge < -0.3 is 9.72 Å². The van der Waals surface area contributed by atoms with Gasteiger partial charge in [0.15, 0.2) is 0 Å². The summed E-state index contributed by atoms with van der Waals surface area (Å²) in [4.78, 5) is 14.0. The first-order valence-corrected chi connectivity index (χ1v) is 9.51. The number of rotatable bonds is 2. The Morgan fingerprint density at radius 3 is 2.92 bits per heavy atom. The van der Waals surface area contributed by atoms with E-state index in [-0.39, 0.29) is 0 Å². The van der Waals surface area contributed by atoms with Crippen molar-refractivity contribution in [2.45, 2.75) is 25.7 Å². The first-order chi connectivity index (χ1) is 12.3. The largest absolute Gasteiger partial charge is 0.317 e. The normalized spacial score (nSPS) is 16.0. The molecule has 0 radical (unpaired) electrons. The standard InChI is InChI=1S/C19H19N5S/c1-12-10-24-11-14(2-3-18(24)22-12)15-8-17-16(9-21-15)23-19(25-17)13-4-6-20-7-5-13/h2-3,8-11,13,20H,4-7H2,1H3. The molecule has 0 aromatic carbocycles. The number of imidazole rings is 1. The van der Waals surface area contributed by atoms with Crippen molar-refractivity contribution in [3.05, 3.63) is 47.5 Å². The maximum absolute atomic E-state index is 4.84. The van der Waals surface area contributed by atoms with Crippen LogP contribution in [-0.2, 0) is 0 Å². The number of thiazole rings is 1. The van der Waals surface area contributed by atoms with E-state index in [0.29, 0.717) is 5.92 Å². The molecule has 126 valence electrons. The Morgan fingerprint density at radius 1 is 1.16 bits per heavy atom. The molecule has 25 heavy (non-hydrogen) atoms. The number of fused-ring (bicyclic) bond motifs is 2. The highest BCUT2D eigenvalue weighted by Crippen LogP contribution is 2.33. The van der Waals surface area contributed by atoms with Gasteiger partial charge in [-0.1, -0.05) is 0 Å². The zero-order valence-corrected chi connectivity index (χ0v) is 14.9. The molecule has 1 saturated heterocycles. The van der Waals surface area contributed by atoms with Crippen molar-refractivity contribution < 1.29 is 0 Å². The Hall–Kier alpha value is -2.31. The third-order valence-electron chi connectivity index (χ3n) is 4.85. The summed E-state index contributed by atoms with van der Waals surface area (Å²) in [5, 5.41) is 4.68.